The Kier molecular flexibility index (Phi) is 8.20. The lowest BCUT2D eigenvalue weighted by Crippen LogP contribution is -2.59. The Bertz CT molecular complexity index is 967. The Hall–Kier alpha value is -3.06. The van der Waals surface area contributed by atoms with Crippen LogP contribution in [0.15, 0.2) is 48.6 Å². The number of hydrogen-bond acceptors (Lipinski definition) is 11. The summed E-state index contributed by atoms with van der Waals surface area (Å²) >= 11 is 0. The van der Waals surface area contributed by atoms with Crippen molar-refractivity contribution in [1.82, 2.24) is 0 Å². The average molecular weight is 478 g/mol. The number of phenolic OH excluding ortho intramolecular Hbond substituents is 2. The first kappa shape index (κ1) is 25.6. The van der Waals surface area contributed by atoms with Crippen LogP contribution >= 0.6 is 0 Å². The number of benzene rings is 1. The normalized spacial score (nSPS) is 28.4. The second-order valence-corrected chi connectivity index (χ2v) is 7.91. The molecule has 34 heavy (non-hydrogen) atoms. The molecule has 0 unspecified atom stereocenters. The lowest BCUT2D eigenvalue weighted by molar-refractivity contribution is -0.302. The van der Waals surface area contributed by atoms with E-state index >= 15 is 0 Å². The van der Waals surface area contributed by atoms with Crippen molar-refractivity contribution in [2.24, 2.45) is 0 Å². The van der Waals surface area contributed by atoms with E-state index in [1.54, 1.807) is 0 Å². The molecule has 0 radical (unpaired) electrons. The standard InChI is InChI=1S/C23H26O11/c24-14-5-7-23(31,8-6-14)9-10-32-22-21(30)20(29)19(28)17(34-22)12-33-18(27)4-2-13-1-3-15(25)16(26)11-13/h1-8,11,17,19-22,25-26,28-31H,9-10,12H2/b4-2+/t17-,19-,20+,21-,22-/m1/s1. The molecule has 1 fully saturated rings. The molecule has 11 nitrogen and oxygen atoms in total. The Morgan fingerprint density at radius 3 is 2.44 bits per heavy atom. The van der Waals surface area contributed by atoms with Crippen LogP contribution in [0.2, 0.25) is 0 Å². The third-order valence-corrected chi connectivity index (χ3v) is 5.33. The van der Waals surface area contributed by atoms with Gasteiger partial charge in [0.25, 0.3) is 0 Å². The van der Waals surface area contributed by atoms with E-state index < -0.39 is 48.9 Å². The molecule has 1 aromatic rings. The summed E-state index contributed by atoms with van der Waals surface area (Å²) < 4.78 is 15.9. The highest BCUT2D eigenvalue weighted by atomic mass is 16.7. The summed E-state index contributed by atoms with van der Waals surface area (Å²) in [5, 5.41) is 59.5. The molecule has 6 N–H and O–H groups in total. The van der Waals surface area contributed by atoms with E-state index in [4.69, 9.17) is 14.2 Å². The molecule has 1 saturated heterocycles. The van der Waals surface area contributed by atoms with Crippen molar-refractivity contribution in [3.05, 3.63) is 54.1 Å². The second-order valence-electron chi connectivity index (χ2n) is 7.91. The molecular weight excluding hydrogens is 452 g/mol. The van der Waals surface area contributed by atoms with E-state index in [1.807, 2.05) is 0 Å². The first-order valence-electron chi connectivity index (χ1n) is 10.4. The van der Waals surface area contributed by atoms with E-state index in [0.717, 1.165) is 6.08 Å². The minimum Gasteiger partial charge on any atom is -0.504 e. The maximum absolute atomic E-state index is 12.0. The van der Waals surface area contributed by atoms with Gasteiger partial charge in [0, 0.05) is 12.5 Å². The molecule has 1 aliphatic heterocycles. The molecule has 1 aliphatic carbocycles. The third kappa shape index (κ3) is 6.50. The fourth-order valence-electron chi connectivity index (χ4n) is 3.28. The van der Waals surface area contributed by atoms with Gasteiger partial charge in [0.1, 0.15) is 36.6 Å². The second kappa shape index (κ2) is 10.9. The van der Waals surface area contributed by atoms with Gasteiger partial charge in [-0.05, 0) is 48.1 Å². The maximum Gasteiger partial charge on any atom is 0.330 e. The number of allylic oxidation sites excluding steroid dienone is 2. The van der Waals surface area contributed by atoms with Crippen molar-refractivity contribution >= 4 is 17.8 Å². The number of aliphatic hydroxyl groups excluding tert-OH is 3. The highest BCUT2D eigenvalue weighted by Gasteiger charge is 2.45. The predicted octanol–water partition coefficient (Wildman–Crippen LogP) is -0.705. The Labute approximate surface area is 194 Å². The zero-order chi connectivity index (χ0) is 24.9. The van der Waals surface area contributed by atoms with Gasteiger partial charge < -0.3 is 44.8 Å². The van der Waals surface area contributed by atoms with Gasteiger partial charge in [0.05, 0.1) is 6.61 Å². The predicted molar refractivity (Wildman–Crippen MR) is 115 cm³/mol. The van der Waals surface area contributed by atoms with Crippen molar-refractivity contribution in [2.45, 2.75) is 42.7 Å². The van der Waals surface area contributed by atoms with Crippen LogP contribution in [0.1, 0.15) is 12.0 Å². The molecule has 2 aliphatic rings. The number of rotatable bonds is 8. The van der Waals surface area contributed by atoms with Crippen LogP contribution in [0.3, 0.4) is 0 Å². The zero-order valence-corrected chi connectivity index (χ0v) is 17.9. The van der Waals surface area contributed by atoms with Crippen molar-refractivity contribution in [2.75, 3.05) is 13.2 Å². The summed E-state index contributed by atoms with van der Waals surface area (Å²) in [7, 11) is 0. The topological polar surface area (TPSA) is 183 Å². The highest BCUT2D eigenvalue weighted by molar-refractivity contribution is 6.00. The molecule has 1 heterocycles. The van der Waals surface area contributed by atoms with E-state index in [0.29, 0.717) is 5.56 Å². The fourth-order valence-corrected chi connectivity index (χ4v) is 3.28. The molecule has 0 aromatic heterocycles. The number of aliphatic hydroxyl groups is 4. The van der Waals surface area contributed by atoms with Crippen molar-refractivity contribution in [3.8, 4) is 11.5 Å². The van der Waals surface area contributed by atoms with E-state index in [-0.39, 0.29) is 30.3 Å². The van der Waals surface area contributed by atoms with Gasteiger partial charge in [-0.3, -0.25) is 4.79 Å². The molecule has 3 rings (SSSR count). The smallest absolute Gasteiger partial charge is 0.330 e. The summed E-state index contributed by atoms with van der Waals surface area (Å²) in [5.74, 6) is -1.74. The van der Waals surface area contributed by atoms with Gasteiger partial charge in [-0.15, -0.1) is 0 Å². The zero-order valence-electron chi connectivity index (χ0n) is 17.9. The van der Waals surface area contributed by atoms with Crippen molar-refractivity contribution < 1.29 is 54.4 Å². The van der Waals surface area contributed by atoms with Crippen molar-refractivity contribution in [3.63, 3.8) is 0 Å². The largest absolute Gasteiger partial charge is 0.504 e. The summed E-state index contributed by atoms with van der Waals surface area (Å²) in [6.45, 7) is -0.592. The molecule has 1 aromatic carbocycles. The first-order valence-corrected chi connectivity index (χ1v) is 10.4. The molecule has 0 saturated carbocycles. The molecule has 0 bridgehead atoms. The quantitative estimate of drug-likeness (QED) is 0.158. The van der Waals surface area contributed by atoms with Gasteiger partial charge in [0.15, 0.2) is 23.6 Å². The van der Waals surface area contributed by atoms with Crippen molar-refractivity contribution in [1.29, 1.82) is 0 Å². The number of ketones is 1. The maximum atomic E-state index is 12.0. The fraction of sp³-hybridized carbons (Fsp3) is 0.391. The van der Waals surface area contributed by atoms with Crippen LogP contribution < -0.4 is 0 Å². The first-order chi connectivity index (χ1) is 16.1. The van der Waals surface area contributed by atoms with Crippen LogP contribution in [0, 0.1) is 0 Å². The van der Waals surface area contributed by atoms with Gasteiger partial charge in [-0.25, -0.2) is 4.79 Å². The minimum atomic E-state index is -1.65. The number of aromatic hydroxyl groups is 2. The Morgan fingerprint density at radius 1 is 1.06 bits per heavy atom. The average Bonchev–Trinajstić information content (AvgIpc) is 2.81. The monoisotopic (exact) mass is 478 g/mol. The number of carbonyl (C=O) groups excluding carboxylic acids is 2. The van der Waals surface area contributed by atoms with E-state index in [9.17, 15) is 40.2 Å². The lowest BCUT2D eigenvalue weighted by Gasteiger charge is -2.40. The molecular formula is C23H26O11. The van der Waals surface area contributed by atoms with E-state index in [2.05, 4.69) is 0 Å². The number of ether oxygens (including phenoxy) is 3. The van der Waals surface area contributed by atoms with Crippen LogP contribution in [0.25, 0.3) is 6.08 Å². The molecule has 184 valence electrons. The van der Waals surface area contributed by atoms with Gasteiger partial charge in [-0.1, -0.05) is 6.07 Å². The third-order valence-electron chi connectivity index (χ3n) is 5.33. The Balaban J connectivity index is 1.51. The van der Waals surface area contributed by atoms with Gasteiger partial charge in [0.2, 0.25) is 0 Å². The van der Waals surface area contributed by atoms with Gasteiger partial charge in [-0.2, -0.15) is 0 Å². The van der Waals surface area contributed by atoms with E-state index in [1.165, 1.54) is 48.6 Å². The summed E-state index contributed by atoms with van der Waals surface area (Å²) in [6.07, 6.45) is 0.0579. The summed E-state index contributed by atoms with van der Waals surface area (Å²) in [5.41, 5.74) is -0.997. The molecule has 0 spiro atoms. The summed E-state index contributed by atoms with van der Waals surface area (Å²) in [4.78, 5) is 23.2. The Morgan fingerprint density at radius 2 is 1.76 bits per heavy atom. The van der Waals surface area contributed by atoms with Crippen LogP contribution in [0.5, 0.6) is 11.5 Å². The minimum absolute atomic E-state index is 0.0236. The summed E-state index contributed by atoms with van der Waals surface area (Å²) in [6, 6.07) is 3.94. The molecule has 5 atom stereocenters. The van der Waals surface area contributed by atoms with Crippen LogP contribution in [-0.4, -0.2) is 91.9 Å². The SMILES string of the molecule is O=C1C=CC(O)(CCO[C@@H]2O[C@H](COC(=O)/C=C/c3ccc(O)c(O)c3)[C@@H](O)[C@H](O)[C@H]2O)C=C1. The lowest BCUT2D eigenvalue weighted by atomic mass is 9.94. The molecule has 0 amide bonds. The molecule has 11 heteroatoms. The van der Waals surface area contributed by atoms with Crippen LogP contribution in [-0.2, 0) is 23.8 Å². The number of hydrogen-bond donors (Lipinski definition) is 6. The number of carbonyl (C=O) groups is 2. The number of phenols is 2. The number of esters is 1. The van der Waals surface area contributed by atoms with Gasteiger partial charge >= 0.3 is 5.97 Å². The highest BCUT2D eigenvalue weighted by Crippen LogP contribution is 2.26. The van der Waals surface area contributed by atoms with Crippen LogP contribution in [0.4, 0.5) is 0 Å².